The summed E-state index contributed by atoms with van der Waals surface area (Å²) in [6.07, 6.45) is 0.374. The van der Waals surface area contributed by atoms with Crippen molar-refractivity contribution < 1.29 is 5.11 Å². The first-order chi connectivity index (χ1) is 3.70. The number of hydrogen-bond donors (Lipinski definition) is 2. The van der Waals surface area contributed by atoms with Gasteiger partial charge >= 0.3 is 0 Å². The number of aliphatic hydroxyl groups excluding tert-OH is 1. The van der Waals surface area contributed by atoms with Crippen molar-refractivity contribution in [1.82, 2.24) is 5.32 Å². The van der Waals surface area contributed by atoms with Gasteiger partial charge < -0.3 is 10.4 Å². The third-order valence-corrected chi connectivity index (χ3v) is 1.66. The van der Waals surface area contributed by atoms with E-state index in [1.165, 1.54) is 0 Å². The van der Waals surface area contributed by atoms with Gasteiger partial charge in [-0.2, -0.15) is 0 Å². The lowest BCUT2D eigenvalue weighted by Gasteiger charge is -1.97. The van der Waals surface area contributed by atoms with Crippen LogP contribution in [0.2, 0.25) is 0 Å². The lowest BCUT2D eigenvalue weighted by molar-refractivity contribution is 0.240. The second kappa shape index (κ2) is 1.99. The molecule has 0 aliphatic carbocycles. The third kappa shape index (κ3) is 0.980. The van der Waals surface area contributed by atoms with Gasteiger partial charge in [0.1, 0.15) is 11.1 Å². The third-order valence-electron chi connectivity index (χ3n) is 1.27. The van der Waals surface area contributed by atoms with Crippen molar-refractivity contribution in [1.29, 1.82) is 0 Å². The van der Waals surface area contributed by atoms with E-state index in [0.29, 0.717) is 11.0 Å². The Labute approximate surface area is 53.9 Å². The second-order valence-corrected chi connectivity index (χ2v) is 2.60. The monoisotopic (exact) mass is 131 g/mol. The van der Waals surface area contributed by atoms with Gasteiger partial charge in [0.2, 0.25) is 0 Å². The van der Waals surface area contributed by atoms with E-state index in [0.717, 1.165) is 6.42 Å². The van der Waals surface area contributed by atoms with Gasteiger partial charge in [0, 0.05) is 6.04 Å². The molecule has 0 unspecified atom stereocenters. The minimum atomic E-state index is -0.389. The van der Waals surface area contributed by atoms with E-state index in [1.807, 2.05) is 6.92 Å². The predicted molar refractivity (Wildman–Crippen MR) is 35.8 cm³/mol. The molecule has 1 aliphatic heterocycles. The normalized spacial score (nSPS) is 37.5. The summed E-state index contributed by atoms with van der Waals surface area (Å²) in [5.74, 6) is 0. The molecule has 46 valence electrons. The van der Waals surface area contributed by atoms with Crippen LogP contribution in [-0.2, 0) is 0 Å². The molecule has 8 heavy (non-hydrogen) atoms. The molecule has 3 heteroatoms. The Hall–Kier alpha value is -0.150. The molecule has 1 rings (SSSR count). The van der Waals surface area contributed by atoms with Gasteiger partial charge in [-0.05, 0) is 13.3 Å². The van der Waals surface area contributed by atoms with Crippen LogP contribution in [0.5, 0.6) is 0 Å². The van der Waals surface area contributed by atoms with Crippen LogP contribution in [0, 0.1) is 0 Å². The van der Waals surface area contributed by atoms with Crippen LogP contribution in [0.4, 0.5) is 0 Å². The molecule has 0 aromatic heterocycles. The molecular weight excluding hydrogens is 122 g/mol. The number of aliphatic hydroxyl groups is 1. The summed E-state index contributed by atoms with van der Waals surface area (Å²) in [5, 5.41) is 11.9. The molecule has 0 saturated carbocycles. The highest BCUT2D eigenvalue weighted by Crippen LogP contribution is 2.07. The van der Waals surface area contributed by atoms with Gasteiger partial charge in [0.05, 0.1) is 0 Å². The summed E-state index contributed by atoms with van der Waals surface area (Å²) in [5.41, 5.74) is 0. The fourth-order valence-electron chi connectivity index (χ4n) is 0.840. The lowest BCUT2D eigenvalue weighted by Crippen LogP contribution is -2.23. The van der Waals surface area contributed by atoms with Crippen molar-refractivity contribution in [3.05, 3.63) is 0 Å². The molecule has 0 bridgehead atoms. The molecule has 0 aromatic carbocycles. The summed E-state index contributed by atoms with van der Waals surface area (Å²) >= 11 is 4.76. The largest absolute Gasteiger partial charge is 0.386 e. The molecule has 0 spiro atoms. The Morgan fingerprint density at radius 2 is 2.50 bits per heavy atom. The predicted octanol–water partition coefficient (Wildman–Crippen LogP) is 0.0565. The van der Waals surface area contributed by atoms with Gasteiger partial charge in [-0.15, -0.1) is 0 Å². The van der Waals surface area contributed by atoms with E-state index in [9.17, 15) is 0 Å². The second-order valence-electron chi connectivity index (χ2n) is 2.16. The number of nitrogens with one attached hydrogen (secondary N) is 1. The van der Waals surface area contributed by atoms with E-state index in [-0.39, 0.29) is 6.10 Å². The van der Waals surface area contributed by atoms with E-state index in [2.05, 4.69) is 5.32 Å². The molecule has 1 fully saturated rings. The minimum Gasteiger partial charge on any atom is -0.386 e. The number of thiocarbonyl (C=S) groups is 1. The molecule has 2 N–H and O–H groups in total. The maximum absolute atomic E-state index is 8.96. The summed E-state index contributed by atoms with van der Waals surface area (Å²) in [6.45, 7) is 2.00. The lowest BCUT2D eigenvalue weighted by atomic mass is 10.2. The highest BCUT2D eigenvalue weighted by atomic mass is 32.1. The van der Waals surface area contributed by atoms with E-state index >= 15 is 0 Å². The molecule has 2 atom stereocenters. The topological polar surface area (TPSA) is 32.3 Å². The van der Waals surface area contributed by atoms with Gasteiger partial charge in [-0.3, -0.25) is 0 Å². The maximum atomic E-state index is 8.96. The highest BCUT2D eigenvalue weighted by Gasteiger charge is 2.22. The molecule has 0 amide bonds. The first kappa shape index (κ1) is 5.98. The van der Waals surface area contributed by atoms with Crippen molar-refractivity contribution in [2.45, 2.75) is 25.5 Å². The van der Waals surface area contributed by atoms with Crippen LogP contribution in [0.1, 0.15) is 13.3 Å². The van der Waals surface area contributed by atoms with Crippen LogP contribution < -0.4 is 5.32 Å². The quantitative estimate of drug-likeness (QED) is 0.456. The van der Waals surface area contributed by atoms with Crippen LogP contribution in [0.15, 0.2) is 0 Å². The Morgan fingerprint density at radius 1 is 1.88 bits per heavy atom. The average Bonchev–Trinajstić information content (AvgIpc) is 1.85. The summed E-state index contributed by atoms with van der Waals surface area (Å²) in [6, 6.07) is 0.359. The molecule has 1 heterocycles. The smallest absolute Gasteiger partial charge is 0.106 e. The molecule has 0 radical (unpaired) electrons. The first-order valence-electron chi connectivity index (χ1n) is 2.68. The maximum Gasteiger partial charge on any atom is 0.106 e. The van der Waals surface area contributed by atoms with Gasteiger partial charge in [0.25, 0.3) is 0 Å². The van der Waals surface area contributed by atoms with Crippen LogP contribution >= 0.6 is 12.2 Å². The number of hydrogen-bond acceptors (Lipinski definition) is 2. The van der Waals surface area contributed by atoms with Crippen LogP contribution in [0.3, 0.4) is 0 Å². The number of rotatable bonds is 0. The Bertz CT molecular complexity index is 115. The zero-order valence-corrected chi connectivity index (χ0v) is 5.53. The van der Waals surface area contributed by atoms with Gasteiger partial charge in [0.15, 0.2) is 0 Å². The molecule has 1 aliphatic rings. The SMILES string of the molecule is C[C@H]1C[C@@H](O)C(=S)N1. The fourth-order valence-corrected chi connectivity index (χ4v) is 1.14. The van der Waals surface area contributed by atoms with Crippen LogP contribution in [0.25, 0.3) is 0 Å². The molecule has 0 aromatic rings. The zero-order valence-electron chi connectivity index (χ0n) is 4.72. The van der Waals surface area contributed by atoms with Crippen molar-refractivity contribution in [3.63, 3.8) is 0 Å². The van der Waals surface area contributed by atoms with E-state index in [4.69, 9.17) is 17.3 Å². The summed E-state index contributed by atoms with van der Waals surface area (Å²) in [4.78, 5) is 0.595. The highest BCUT2D eigenvalue weighted by molar-refractivity contribution is 7.80. The Kier molecular flexibility index (Phi) is 1.49. The van der Waals surface area contributed by atoms with Crippen molar-refractivity contribution in [2.24, 2.45) is 0 Å². The Morgan fingerprint density at radius 3 is 2.62 bits per heavy atom. The van der Waals surface area contributed by atoms with E-state index < -0.39 is 0 Å². The van der Waals surface area contributed by atoms with Crippen molar-refractivity contribution in [3.8, 4) is 0 Å². The summed E-state index contributed by atoms with van der Waals surface area (Å²) < 4.78 is 0. The standard InChI is InChI=1S/C5H9NOS/c1-3-2-4(7)5(8)6-3/h3-4,7H,2H2,1H3,(H,6,8)/t3-,4+/m0/s1. The molecule has 1 saturated heterocycles. The fraction of sp³-hybridized carbons (Fsp3) is 0.800. The minimum absolute atomic E-state index is 0.359. The van der Waals surface area contributed by atoms with E-state index in [1.54, 1.807) is 0 Å². The molecule has 2 nitrogen and oxygen atoms in total. The van der Waals surface area contributed by atoms with Gasteiger partial charge in [-0.25, -0.2) is 0 Å². The first-order valence-corrected chi connectivity index (χ1v) is 3.09. The molecular formula is C5H9NOS. The Balaban J connectivity index is 2.51. The zero-order chi connectivity index (χ0) is 6.15. The van der Waals surface area contributed by atoms with Crippen molar-refractivity contribution >= 4 is 17.2 Å². The summed E-state index contributed by atoms with van der Waals surface area (Å²) in [7, 11) is 0. The van der Waals surface area contributed by atoms with Crippen LogP contribution in [-0.4, -0.2) is 22.2 Å². The van der Waals surface area contributed by atoms with Crippen molar-refractivity contribution in [2.75, 3.05) is 0 Å². The van der Waals surface area contributed by atoms with Gasteiger partial charge in [-0.1, -0.05) is 12.2 Å². The average molecular weight is 131 g/mol.